The molecule has 4 heteroatoms. The second kappa shape index (κ2) is 5.94. The molecule has 0 aliphatic carbocycles. The molecular formula is C13H18Cl2N2. The molecule has 1 saturated heterocycles. The Morgan fingerprint density at radius 3 is 2.35 bits per heavy atom. The van der Waals surface area contributed by atoms with Crippen LogP contribution in [0.3, 0.4) is 0 Å². The predicted octanol–water partition coefficient (Wildman–Crippen LogP) is 3.89. The van der Waals surface area contributed by atoms with E-state index < -0.39 is 0 Å². The van der Waals surface area contributed by atoms with Gasteiger partial charge in [0, 0.05) is 19.1 Å². The van der Waals surface area contributed by atoms with Gasteiger partial charge in [-0.05, 0) is 31.5 Å². The van der Waals surface area contributed by atoms with E-state index in [0.29, 0.717) is 16.1 Å². The molecule has 0 aromatic heterocycles. The zero-order chi connectivity index (χ0) is 12.3. The molecule has 1 aliphatic heterocycles. The first-order valence-electron chi connectivity index (χ1n) is 6.13. The first kappa shape index (κ1) is 13.0. The van der Waals surface area contributed by atoms with Crippen molar-refractivity contribution in [3.05, 3.63) is 28.2 Å². The summed E-state index contributed by atoms with van der Waals surface area (Å²) in [7, 11) is 0. The van der Waals surface area contributed by atoms with Crippen LogP contribution in [0, 0.1) is 0 Å². The van der Waals surface area contributed by atoms with Crippen LogP contribution >= 0.6 is 23.2 Å². The minimum absolute atomic E-state index is 0.482. The van der Waals surface area contributed by atoms with Gasteiger partial charge < -0.3 is 10.2 Å². The number of rotatable bonds is 3. The van der Waals surface area contributed by atoms with E-state index in [1.54, 1.807) is 0 Å². The summed E-state index contributed by atoms with van der Waals surface area (Å²) >= 11 is 12.3. The summed E-state index contributed by atoms with van der Waals surface area (Å²) < 4.78 is 0. The van der Waals surface area contributed by atoms with Crippen LogP contribution in [0.1, 0.15) is 19.8 Å². The zero-order valence-electron chi connectivity index (χ0n) is 10.0. The monoisotopic (exact) mass is 272 g/mol. The standard InChI is InChI=1S/C13H18Cl2N2/c1-2-17-8-6-10(7-9-17)16-13-11(14)4-3-5-12(13)15/h3-5,10,16H,2,6-9H2,1H3. The van der Waals surface area contributed by atoms with Crippen LogP contribution in [-0.4, -0.2) is 30.6 Å². The molecule has 94 valence electrons. The molecule has 1 aromatic rings. The number of likely N-dealkylation sites (tertiary alicyclic amines) is 1. The van der Waals surface area contributed by atoms with Crippen molar-refractivity contribution in [2.45, 2.75) is 25.8 Å². The van der Waals surface area contributed by atoms with Crippen LogP contribution < -0.4 is 5.32 Å². The molecule has 0 amide bonds. The Hall–Kier alpha value is -0.440. The Kier molecular flexibility index (Phi) is 4.55. The molecule has 0 bridgehead atoms. The Balaban J connectivity index is 1.98. The van der Waals surface area contributed by atoms with Crippen LogP contribution in [0.5, 0.6) is 0 Å². The molecule has 0 spiro atoms. The first-order chi connectivity index (χ1) is 8.20. The van der Waals surface area contributed by atoms with Gasteiger partial charge in [0.1, 0.15) is 0 Å². The van der Waals surface area contributed by atoms with Crippen LogP contribution in [0.2, 0.25) is 10.0 Å². The topological polar surface area (TPSA) is 15.3 Å². The summed E-state index contributed by atoms with van der Waals surface area (Å²) in [4.78, 5) is 2.46. The Bertz CT molecular complexity index is 353. The molecular weight excluding hydrogens is 255 g/mol. The lowest BCUT2D eigenvalue weighted by molar-refractivity contribution is 0.229. The fourth-order valence-corrected chi connectivity index (χ4v) is 2.74. The van der Waals surface area contributed by atoms with Gasteiger partial charge in [0.15, 0.2) is 0 Å². The van der Waals surface area contributed by atoms with Gasteiger partial charge in [0.25, 0.3) is 0 Å². The van der Waals surface area contributed by atoms with Gasteiger partial charge in [-0.1, -0.05) is 36.2 Å². The Morgan fingerprint density at radius 1 is 1.24 bits per heavy atom. The van der Waals surface area contributed by atoms with Crippen LogP contribution in [0.25, 0.3) is 0 Å². The quantitative estimate of drug-likeness (QED) is 0.898. The van der Waals surface area contributed by atoms with E-state index in [4.69, 9.17) is 23.2 Å². The molecule has 0 saturated carbocycles. The number of benzene rings is 1. The average molecular weight is 273 g/mol. The lowest BCUT2D eigenvalue weighted by atomic mass is 10.0. The van der Waals surface area contributed by atoms with Crippen molar-refractivity contribution in [2.24, 2.45) is 0 Å². The molecule has 0 radical (unpaired) electrons. The largest absolute Gasteiger partial charge is 0.380 e. The lowest BCUT2D eigenvalue weighted by Gasteiger charge is -2.32. The third-order valence-corrected chi connectivity index (χ3v) is 3.98. The van der Waals surface area contributed by atoms with Crippen molar-refractivity contribution in [1.29, 1.82) is 0 Å². The fourth-order valence-electron chi connectivity index (χ4n) is 2.23. The summed E-state index contributed by atoms with van der Waals surface area (Å²) in [6, 6.07) is 6.10. The number of para-hydroxylation sites is 1. The van der Waals surface area contributed by atoms with E-state index in [0.717, 1.165) is 38.2 Å². The van der Waals surface area contributed by atoms with Crippen molar-refractivity contribution < 1.29 is 0 Å². The molecule has 1 N–H and O–H groups in total. The smallest absolute Gasteiger partial charge is 0.0721 e. The third-order valence-electron chi connectivity index (χ3n) is 3.35. The molecule has 1 aromatic carbocycles. The number of piperidine rings is 1. The predicted molar refractivity (Wildman–Crippen MR) is 75.2 cm³/mol. The number of nitrogens with zero attached hydrogens (tertiary/aromatic N) is 1. The third kappa shape index (κ3) is 3.27. The summed E-state index contributed by atoms with van der Waals surface area (Å²) in [5, 5.41) is 4.88. The van der Waals surface area contributed by atoms with E-state index in [2.05, 4.69) is 17.1 Å². The Labute approximate surface area is 113 Å². The van der Waals surface area contributed by atoms with E-state index in [9.17, 15) is 0 Å². The molecule has 2 rings (SSSR count). The summed E-state index contributed by atoms with van der Waals surface area (Å²) in [6.07, 6.45) is 2.30. The number of anilines is 1. The van der Waals surface area contributed by atoms with Crippen molar-refractivity contribution in [2.75, 3.05) is 25.0 Å². The SMILES string of the molecule is CCN1CCC(Nc2c(Cl)cccc2Cl)CC1. The maximum atomic E-state index is 6.15. The minimum Gasteiger partial charge on any atom is -0.380 e. The highest BCUT2D eigenvalue weighted by Crippen LogP contribution is 2.31. The number of nitrogens with one attached hydrogen (secondary N) is 1. The van der Waals surface area contributed by atoms with Crippen molar-refractivity contribution >= 4 is 28.9 Å². The maximum Gasteiger partial charge on any atom is 0.0721 e. The van der Waals surface area contributed by atoms with Gasteiger partial charge in [0.05, 0.1) is 15.7 Å². The second-order valence-corrected chi connectivity index (χ2v) is 5.26. The lowest BCUT2D eigenvalue weighted by Crippen LogP contribution is -2.38. The molecule has 17 heavy (non-hydrogen) atoms. The summed E-state index contributed by atoms with van der Waals surface area (Å²) in [5.74, 6) is 0. The van der Waals surface area contributed by atoms with E-state index in [-0.39, 0.29) is 0 Å². The molecule has 1 aliphatic rings. The van der Waals surface area contributed by atoms with Crippen molar-refractivity contribution in [1.82, 2.24) is 4.90 Å². The van der Waals surface area contributed by atoms with Gasteiger partial charge in [0.2, 0.25) is 0 Å². The summed E-state index contributed by atoms with van der Waals surface area (Å²) in [5.41, 5.74) is 0.880. The van der Waals surface area contributed by atoms with Gasteiger partial charge in [-0.3, -0.25) is 0 Å². The van der Waals surface area contributed by atoms with Crippen molar-refractivity contribution in [3.8, 4) is 0 Å². The number of hydrogen-bond donors (Lipinski definition) is 1. The van der Waals surface area contributed by atoms with Gasteiger partial charge >= 0.3 is 0 Å². The highest BCUT2D eigenvalue weighted by atomic mass is 35.5. The molecule has 1 fully saturated rings. The first-order valence-corrected chi connectivity index (χ1v) is 6.89. The highest BCUT2D eigenvalue weighted by Gasteiger charge is 2.19. The molecule has 0 unspecified atom stereocenters. The molecule has 1 heterocycles. The Morgan fingerprint density at radius 2 is 1.82 bits per heavy atom. The maximum absolute atomic E-state index is 6.15. The average Bonchev–Trinajstić information content (AvgIpc) is 2.35. The zero-order valence-corrected chi connectivity index (χ0v) is 11.6. The van der Waals surface area contributed by atoms with Gasteiger partial charge in [-0.25, -0.2) is 0 Å². The van der Waals surface area contributed by atoms with E-state index >= 15 is 0 Å². The number of hydrogen-bond acceptors (Lipinski definition) is 2. The normalized spacial score (nSPS) is 18.3. The van der Waals surface area contributed by atoms with E-state index in [1.165, 1.54) is 0 Å². The number of halogens is 2. The second-order valence-electron chi connectivity index (χ2n) is 4.45. The molecule has 2 nitrogen and oxygen atoms in total. The van der Waals surface area contributed by atoms with Crippen LogP contribution in [0.4, 0.5) is 5.69 Å². The highest BCUT2D eigenvalue weighted by molar-refractivity contribution is 6.39. The van der Waals surface area contributed by atoms with Crippen LogP contribution in [-0.2, 0) is 0 Å². The summed E-state index contributed by atoms with van der Waals surface area (Å²) in [6.45, 7) is 5.64. The van der Waals surface area contributed by atoms with Gasteiger partial charge in [-0.2, -0.15) is 0 Å². The van der Waals surface area contributed by atoms with Crippen molar-refractivity contribution in [3.63, 3.8) is 0 Å². The fraction of sp³-hybridized carbons (Fsp3) is 0.538. The van der Waals surface area contributed by atoms with Gasteiger partial charge in [-0.15, -0.1) is 0 Å². The van der Waals surface area contributed by atoms with Crippen LogP contribution in [0.15, 0.2) is 18.2 Å². The molecule has 0 atom stereocenters. The van der Waals surface area contributed by atoms with E-state index in [1.807, 2.05) is 18.2 Å². The minimum atomic E-state index is 0.482.